The average Bonchev–Trinajstić information content (AvgIpc) is 2.48. The van der Waals surface area contributed by atoms with E-state index < -0.39 is 61.5 Å². The zero-order valence-corrected chi connectivity index (χ0v) is 16.4. The summed E-state index contributed by atoms with van der Waals surface area (Å²) in [5, 5.41) is 0. The molecule has 2 atom stereocenters. The molecule has 0 rings (SSSR count). The van der Waals surface area contributed by atoms with Crippen LogP contribution in [0.5, 0.6) is 0 Å². The Morgan fingerprint density at radius 3 is 1.06 bits per heavy atom. The van der Waals surface area contributed by atoms with Gasteiger partial charge in [-0.1, -0.05) is 0 Å². The summed E-state index contributed by atoms with van der Waals surface area (Å²) in [5.41, 5.74) is 0. The van der Waals surface area contributed by atoms with E-state index in [0.29, 0.717) is 38.5 Å². The lowest BCUT2D eigenvalue weighted by atomic mass is 10.2. The van der Waals surface area contributed by atoms with Crippen molar-refractivity contribution < 1.29 is 75.7 Å². The number of hydrogen-bond donors (Lipinski definition) is 0. The van der Waals surface area contributed by atoms with Gasteiger partial charge < -0.3 is 14.2 Å². The number of ether oxygens (including phenoxy) is 3. The summed E-state index contributed by atoms with van der Waals surface area (Å²) < 4.78 is 188. The molecule has 33 heavy (non-hydrogen) atoms. The Kier molecular flexibility index (Phi) is 10.1. The summed E-state index contributed by atoms with van der Waals surface area (Å²) in [4.78, 5) is 0. The van der Waals surface area contributed by atoms with Crippen molar-refractivity contribution in [2.24, 2.45) is 0 Å². The Bertz CT molecular complexity index is 610. The molecule has 0 saturated carbocycles. The summed E-state index contributed by atoms with van der Waals surface area (Å²) >= 11 is 0. The molecule has 3 nitrogen and oxygen atoms in total. The molecule has 0 saturated heterocycles. The van der Waals surface area contributed by atoms with Crippen LogP contribution in [0, 0.1) is 0 Å². The van der Waals surface area contributed by atoms with Crippen LogP contribution in [0.2, 0.25) is 0 Å². The van der Waals surface area contributed by atoms with E-state index in [-0.39, 0.29) is 0 Å². The van der Waals surface area contributed by atoms with Gasteiger partial charge in [-0.3, -0.25) is 0 Å². The molecule has 0 aliphatic carbocycles. The van der Waals surface area contributed by atoms with Gasteiger partial charge in [0, 0.05) is 0 Å². The lowest BCUT2D eigenvalue weighted by molar-refractivity contribution is -0.372. The Balaban J connectivity index is 4.81. The highest BCUT2D eigenvalue weighted by atomic mass is 19.4. The summed E-state index contributed by atoms with van der Waals surface area (Å²) in [5.74, 6) is -11.2. The zero-order chi connectivity index (χ0) is 26.5. The van der Waals surface area contributed by atoms with Gasteiger partial charge in [-0.2, -0.15) is 61.5 Å². The van der Waals surface area contributed by atoms with Gasteiger partial charge in [0.2, 0.25) is 0 Å². The number of halogens is 14. The number of rotatable bonds is 12. The molecule has 0 spiro atoms. The molecule has 0 N–H and O–H groups in total. The first kappa shape index (κ1) is 31.2. The SMILES string of the molecule is CC(C=COC=CC(C)OC(F)(F)C(F)(F)CC(F)(F)F)OC(F)(F)C(F)(F)CC(F)(F)F. The third-order valence-corrected chi connectivity index (χ3v) is 3.22. The van der Waals surface area contributed by atoms with Crippen LogP contribution in [0.15, 0.2) is 24.7 Å². The standard InChI is InChI=1S/C16H16F14O3/c1-9(32-15(27,28)11(17,18)7-13(21,22)23)3-5-31-6-4-10(2)33-16(29,30)12(19,20)8-14(24,25)26/h3-6,9-10H,7-8H2,1-2H3. The Labute approximate surface area is 176 Å². The van der Waals surface area contributed by atoms with Crippen molar-refractivity contribution in [2.45, 2.75) is 75.3 Å². The van der Waals surface area contributed by atoms with Crippen LogP contribution in [0.4, 0.5) is 61.5 Å². The Morgan fingerprint density at radius 2 is 0.818 bits per heavy atom. The number of alkyl halides is 14. The molecule has 2 unspecified atom stereocenters. The topological polar surface area (TPSA) is 27.7 Å². The van der Waals surface area contributed by atoms with Crippen LogP contribution in [0.3, 0.4) is 0 Å². The minimum atomic E-state index is -5.63. The fraction of sp³-hybridized carbons (Fsp3) is 0.750. The fourth-order valence-corrected chi connectivity index (χ4v) is 1.78. The number of hydrogen-bond acceptors (Lipinski definition) is 3. The van der Waals surface area contributed by atoms with Gasteiger partial charge in [0.05, 0.1) is 24.7 Å². The summed E-state index contributed by atoms with van der Waals surface area (Å²) in [6.45, 7) is 1.38. The highest BCUT2D eigenvalue weighted by Gasteiger charge is 2.64. The first-order chi connectivity index (χ1) is 14.4. The Morgan fingerprint density at radius 1 is 0.545 bits per heavy atom. The molecule has 0 fully saturated rings. The van der Waals surface area contributed by atoms with Crippen LogP contribution in [0.1, 0.15) is 26.7 Å². The second-order valence-corrected chi connectivity index (χ2v) is 6.47. The van der Waals surface area contributed by atoms with Crippen LogP contribution in [-0.2, 0) is 14.2 Å². The van der Waals surface area contributed by atoms with Crippen molar-refractivity contribution in [3.8, 4) is 0 Å². The molecule has 0 aromatic heterocycles. The van der Waals surface area contributed by atoms with E-state index >= 15 is 0 Å². The summed E-state index contributed by atoms with van der Waals surface area (Å²) in [6, 6.07) is 0. The van der Waals surface area contributed by atoms with E-state index in [1.54, 1.807) is 0 Å². The van der Waals surface area contributed by atoms with E-state index in [1.807, 2.05) is 0 Å². The van der Waals surface area contributed by atoms with Gasteiger partial charge in [-0.15, -0.1) is 0 Å². The van der Waals surface area contributed by atoms with Gasteiger partial charge in [-0.25, -0.2) is 0 Å². The zero-order valence-electron chi connectivity index (χ0n) is 16.4. The lowest BCUT2D eigenvalue weighted by Crippen LogP contribution is -2.47. The Hall–Kier alpha value is -1.78. The molecule has 17 heteroatoms. The van der Waals surface area contributed by atoms with Crippen LogP contribution in [0.25, 0.3) is 0 Å². The van der Waals surface area contributed by atoms with Crippen molar-refractivity contribution in [1.82, 2.24) is 0 Å². The normalized spacial score (nSPS) is 17.1. The van der Waals surface area contributed by atoms with E-state index in [0.717, 1.165) is 0 Å². The minimum absolute atomic E-state index is 0.419. The van der Waals surface area contributed by atoms with Crippen LogP contribution >= 0.6 is 0 Å². The maximum absolute atomic E-state index is 13.2. The second kappa shape index (κ2) is 10.7. The predicted octanol–water partition coefficient (Wildman–Crippen LogP) is 7.20. The van der Waals surface area contributed by atoms with Crippen molar-refractivity contribution in [1.29, 1.82) is 0 Å². The van der Waals surface area contributed by atoms with Gasteiger partial charge in [0.1, 0.15) is 12.8 Å². The van der Waals surface area contributed by atoms with Crippen molar-refractivity contribution in [3.63, 3.8) is 0 Å². The quantitative estimate of drug-likeness (QED) is 0.201. The highest BCUT2D eigenvalue weighted by molar-refractivity contribution is 4.90. The molecule has 0 aliphatic rings. The molecule has 196 valence electrons. The monoisotopic (exact) mass is 522 g/mol. The van der Waals surface area contributed by atoms with E-state index in [9.17, 15) is 61.5 Å². The van der Waals surface area contributed by atoms with Gasteiger partial charge in [0.15, 0.2) is 0 Å². The van der Waals surface area contributed by atoms with Gasteiger partial charge in [-0.05, 0) is 26.0 Å². The average molecular weight is 522 g/mol. The molecule has 0 aliphatic heterocycles. The first-order valence-corrected chi connectivity index (χ1v) is 8.40. The minimum Gasteiger partial charge on any atom is -0.473 e. The van der Waals surface area contributed by atoms with E-state index in [2.05, 4.69) is 14.2 Å². The predicted molar refractivity (Wildman–Crippen MR) is 81.6 cm³/mol. The maximum atomic E-state index is 13.2. The third-order valence-electron chi connectivity index (χ3n) is 3.22. The highest BCUT2D eigenvalue weighted by Crippen LogP contribution is 2.44. The van der Waals surface area contributed by atoms with E-state index in [1.165, 1.54) is 0 Å². The van der Waals surface area contributed by atoms with Crippen molar-refractivity contribution >= 4 is 0 Å². The van der Waals surface area contributed by atoms with Gasteiger partial charge >= 0.3 is 36.4 Å². The van der Waals surface area contributed by atoms with Crippen LogP contribution in [-0.4, -0.2) is 48.6 Å². The molecule has 0 aromatic carbocycles. The molecule has 0 heterocycles. The molecular weight excluding hydrogens is 506 g/mol. The van der Waals surface area contributed by atoms with Crippen LogP contribution < -0.4 is 0 Å². The molecule has 0 bridgehead atoms. The molecular formula is C16H16F14O3. The molecule has 0 aromatic rings. The van der Waals surface area contributed by atoms with Gasteiger partial charge in [0.25, 0.3) is 0 Å². The summed E-state index contributed by atoms with van der Waals surface area (Å²) in [7, 11) is 0. The lowest BCUT2D eigenvalue weighted by Gasteiger charge is -2.28. The third kappa shape index (κ3) is 11.3. The van der Waals surface area contributed by atoms with E-state index in [4.69, 9.17) is 0 Å². The van der Waals surface area contributed by atoms with Crippen molar-refractivity contribution in [3.05, 3.63) is 24.7 Å². The van der Waals surface area contributed by atoms with Crippen molar-refractivity contribution in [2.75, 3.05) is 0 Å². The maximum Gasteiger partial charge on any atom is 0.420 e. The smallest absolute Gasteiger partial charge is 0.420 e. The molecule has 0 amide bonds. The molecule has 0 radical (unpaired) electrons. The second-order valence-electron chi connectivity index (χ2n) is 6.47. The fourth-order valence-electron chi connectivity index (χ4n) is 1.78. The largest absolute Gasteiger partial charge is 0.473 e. The first-order valence-electron chi connectivity index (χ1n) is 8.40. The summed E-state index contributed by atoms with van der Waals surface area (Å²) in [6.07, 6.45) is -30.8.